The molecule has 0 saturated heterocycles. The normalized spacial score (nSPS) is 8.57. The smallest absolute Gasteiger partial charge is 0.0119 e. The number of allylic oxidation sites excluding steroid dienone is 3. The third-order valence-electron chi connectivity index (χ3n) is 0.464. The highest BCUT2D eigenvalue weighted by Crippen LogP contribution is 1.85. The van der Waals surface area contributed by atoms with E-state index < -0.39 is 0 Å². The maximum atomic E-state index is 4.90. The van der Waals surface area contributed by atoms with Gasteiger partial charge in [-0.15, -0.1) is 6.42 Å². The van der Waals surface area contributed by atoms with E-state index in [-0.39, 0.29) is 0 Å². The molecule has 0 heterocycles. The Bertz CT molecular complexity index is 121. The molecule has 0 bridgehead atoms. The van der Waals surface area contributed by atoms with Crippen LogP contribution < -0.4 is 0 Å². The first-order valence-corrected chi connectivity index (χ1v) is 2.05. The molecular formula is C7H8. The van der Waals surface area contributed by atoms with Gasteiger partial charge in [-0.1, -0.05) is 24.1 Å². The van der Waals surface area contributed by atoms with Gasteiger partial charge in [-0.25, -0.2) is 0 Å². The van der Waals surface area contributed by atoms with E-state index in [1.54, 1.807) is 12.2 Å². The standard InChI is InChI=1S/C7H8/c1-4-5-6-7(2)3/h1,5-6H,2H2,3H3. The number of hydrogen-bond acceptors (Lipinski definition) is 0. The molecule has 0 aromatic rings. The highest BCUT2D eigenvalue weighted by Gasteiger charge is 1.65. The summed E-state index contributed by atoms with van der Waals surface area (Å²) in [7, 11) is 0. The molecule has 0 aliphatic heterocycles. The number of terminal acetylenes is 1. The van der Waals surface area contributed by atoms with E-state index in [9.17, 15) is 0 Å². The summed E-state index contributed by atoms with van der Waals surface area (Å²) in [6.45, 7) is 5.51. The summed E-state index contributed by atoms with van der Waals surface area (Å²) in [5.41, 5.74) is 0.984. The maximum absolute atomic E-state index is 4.90. The summed E-state index contributed by atoms with van der Waals surface area (Å²) in [6, 6.07) is 0. The summed E-state index contributed by atoms with van der Waals surface area (Å²) in [4.78, 5) is 0. The summed E-state index contributed by atoms with van der Waals surface area (Å²) in [5.74, 6) is 2.36. The number of hydrogen-bond donors (Lipinski definition) is 0. The van der Waals surface area contributed by atoms with Crippen molar-refractivity contribution >= 4 is 0 Å². The SMILES string of the molecule is C#CC=CC(=C)C. The average Bonchev–Trinajstić information content (AvgIpc) is 1.61. The fraction of sp³-hybridized carbons (Fsp3) is 0.143. The average molecular weight is 92.1 g/mol. The van der Waals surface area contributed by atoms with E-state index in [4.69, 9.17) is 6.42 Å². The minimum atomic E-state index is 0.984. The molecule has 0 saturated carbocycles. The van der Waals surface area contributed by atoms with Crippen LogP contribution in [0.1, 0.15) is 6.92 Å². The van der Waals surface area contributed by atoms with Crippen LogP contribution >= 0.6 is 0 Å². The van der Waals surface area contributed by atoms with Gasteiger partial charge in [-0.3, -0.25) is 0 Å². The van der Waals surface area contributed by atoms with Crippen molar-refractivity contribution in [2.45, 2.75) is 6.92 Å². The van der Waals surface area contributed by atoms with Gasteiger partial charge in [0.1, 0.15) is 0 Å². The molecule has 0 aliphatic carbocycles. The van der Waals surface area contributed by atoms with Gasteiger partial charge in [0, 0.05) is 0 Å². The van der Waals surface area contributed by atoms with Gasteiger partial charge in [0.05, 0.1) is 0 Å². The molecule has 0 aromatic carbocycles. The van der Waals surface area contributed by atoms with Crippen LogP contribution in [-0.4, -0.2) is 0 Å². The van der Waals surface area contributed by atoms with E-state index >= 15 is 0 Å². The lowest BCUT2D eigenvalue weighted by atomic mass is 10.3. The first kappa shape index (κ1) is 6.04. The second kappa shape index (κ2) is 3.24. The molecule has 0 rings (SSSR count). The van der Waals surface area contributed by atoms with Crippen molar-refractivity contribution in [1.29, 1.82) is 0 Å². The lowest BCUT2D eigenvalue weighted by Crippen LogP contribution is -1.56. The monoisotopic (exact) mass is 92.1 g/mol. The van der Waals surface area contributed by atoms with Crippen LogP contribution in [-0.2, 0) is 0 Å². The van der Waals surface area contributed by atoms with Crippen molar-refractivity contribution in [3.05, 3.63) is 24.3 Å². The molecule has 0 amide bonds. The van der Waals surface area contributed by atoms with Gasteiger partial charge in [0.15, 0.2) is 0 Å². The minimum Gasteiger partial charge on any atom is -0.115 e. The third kappa shape index (κ3) is 5.04. The van der Waals surface area contributed by atoms with Crippen LogP contribution in [0.5, 0.6) is 0 Å². The van der Waals surface area contributed by atoms with Crippen molar-refractivity contribution in [1.82, 2.24) is 0 Å². The molecule has 0 radical (unpaired) electrons. The van der Waals surface area contributed by atoms with E-state index in [2.05, 4.69) is 12.5 Å². The summed E-state index contributed by atoms with van der Waals surface area (Å²) in [5, 5.41) is 0. The molecule has 0 unspecified atom stereocenters. The Labute approximate surface area is 44.5 Å². The lowest BCUT2D eigenvalue weighted by Gasteiger charge is -1.75. The van der Waals surface area contributed by atoms with Gasteiger partial charge in [-0.05, 0) is 13.0 Å². The molecule has 36 valence electrons. The predicted octanol–water partition coefficient (Wildman–Crippen LogP) is 1.75. The van der Waals surface area contributed by atoms with Gasteiger partial charge in [-0.2, -0.15) is 0 Å². The third-order valence-corrected chi connectivity index (χ3v) is 0.464. The van der Waals surface area contributed by atoms with Crippen molar-refractivity contribution in [3.8, 4) is 12.3 Å². The topological polar surface area (TPSA) is 0 Å². The molecule has 7 heavy (non-hydrogen) atoms. The second-order valence-corrected chi connectivity index (χ2v) is 1.35. The highest BCUT2D eigenvalue weighted by atomic mass is 13.7. The zero-order chi connectivity index (χ0) is 5.70. The van der Waals surface area contributed by atoms with Crippen molar-refractivity contribution < 1.29 is 0 Å². The molecule has 0 nitrogen and oxygen atoms in total. The van der Waals surface area contributed by atoms with E-state index in [1.165, 1.54) is 0 Å². The summed E-state index contributed by atoms with van der Waals surface area (Å²) < 4.78 is 0. The first-order valence-electron chi connectivity index (χ1n) is 2.05. The fourth-order valence-corrected chi connectivity index (χ4v) is 0.190. The van der Waals surface area contributed by atoms with E-state index in [1.807, 2.05) is 6.92 Å². The molecule has 0 aromatic heterocycles. The molecule has 0 N–H and O–H groups in total. The Balaban J connectivity index is 3.53. The lowest BCUT2D eigenvalue weighted by molar-refractivity contribution is 1.57. The zero-order valence-corrected chi connectivity index (χ0v) is 4.44. The quantitative estimate of drug-likeness (QED) is 0.341. The molecule has 0 spiro atoms. The van der Waals surface area contributed by atoms with E-state index in [0.717, 1.165) is 5.57 Å². The molecule has 0 heteroatoms. The molecule has 0 aliphatic rings. The Kier molecular flexibility index (Phi) is 2.79. The van der Waals surface area contributed by atoms with Crippen LogP contribution in [0.2, 0.25) is 0 Å². The Morgan fingerprint density at radius 3 is 2.57 bits per heavy atom. The van der Waals surface area contributed by atoms with Crippen molar-refractivity contribution in [2.24, 2.45) is 0 Å². The van der Waals surface area contributed by atoms with Crippen LogP contribution in [0, 0.1) is 12.3 Å². The molecule has 0 fully saturated rings. The van der Waals surface area contributed by atoms with E-state index in [0.29, 0.717) is 0 Å². The Hall–Kier alpha value is -0.960. The summed E-state index contributed by atoms with van der Waals surface area (Å²) >= 11 is 0. The van der Waals surface area contributed by atoms with Crippen LogP contribution in [0.25, 0.3) is 0 Å². The van der Waals surface area contributed by atoms with Crippen molar-refractivity contribution in [2.75, 3.05) is 0 Å². The van der Waals surface area contributed by atoms with Gasteiger partial charge in [0.2, 0.25) is 0 Å². The zero-order valence-electron chi connectivity index (χ0n) is 4.44. The van der Waals surface area contributed by atoms with Gasteiger partial charge < -0.3 is 0 Å². The van der Waals surface area contributed by atoms with Crippen LogP contribution in [0.4, 0.5) is 0 Å². The molecular weight excluding hydrogens is 84.1 g/mol. The Morgan fingerprint density at radius 2 is 2.43 bits per heavy atom. The molecule has 0 atom stereocenters. The second-order valence-electron chi connectivity index (χ2n) is 1.35. The number of rotatable bonds is 1. The minimum absolute atomic E-state index is 0.984. The maximum Gasteiger partial charge on any atom is -0.0119 e. The van der Waals surface area contributed by atoms with Crippen LogP contribution in [0.3, 0.4) is 0 Å². The Morgan fingerprint density at radius 1 is 1.86 bits per heavy atom. The predicted molar refractivity (Wildman–Crippen MR) is 32.8 cm³/mol. The van der Waals surface area contributed by atoms with Gasteiger partial charge in [0.25, 0.3) is 0 Å². The highest BCUT2D eigenvalue weighted by molar-refractivity contribution is 5.20. The fourth-order valence-electron chi connectivity index (χ4n) is 0.190. The first-order chi connectivity index (χ1) is 3.27. The largest absolute Gasteiger partial charge is 0.115 e. The van der Waals surface area contributed by atoms with Gasteiger partial charge >= 0.3 is 0 Å². The van der Waals surface area contributed by atoms with Crippen LogP contribution in [0.15, 0.2) is 24.3 Å². The summed E-state index contributed by atoms with van der Waals surface area (Å²) in [6.07, 6.45) is 8.32. The van der Waals surface area contributed by atoms with Crippen molar-refractivity contribution in [3.63, 3.8) is 0 Å².